The molecule has 1 amide bonds. The van der Waals surface area contributed by atoms with Crippen molar-refractivity contribution < 1.29 is 15.0 Å². The monoisotopic (exact) mass is 514 g/mol. The summed E-state index contributed by atoms with van der Waals surface area (Å²) in [6, 6.07) is 5.34. The molecule has 196 valence electrons. The van der Waals surface area contributed by atoms with Gasteiger partial charge in [0.05, 0.1) is 36.1 Å². The first kappa shape index (κ1) is 24.4. The smallest absolute Gasteiger partial charge is 0.229 e. The Balaban J connectivity index is 1.43. The van der Waals surface area contributed by atoms with E-state index in [1.165, 1.54) is 0 Å². The largest absolute Gasteiger partial charge is 0.389 e. The highest BCUT2D eigenvalue weighted by Gasteiger charge is 2.75. The summed E-state index contributed by atoms with van der Waals surface area (Å²) < 4.78 is 1.78. The second kappa shape index (κ2) is 9.10. The fraction of sp³-hybridized carbons (Fsp3) is 0.407. The standard InChI is InChI=1S/C27H30N8O3/c1-4-29-26(38)27-9-18(27)20(21(36)22(27)37)35-13-32-19-24(31-12-17-8-14(2)5-6-30-17)33-23(34-25(19)35)16-7-15(3)10-28-11-16/h5-8,10-11,13,18,20-22,36-37H,4,9,12H2,1-3H3,(H,29,38)(H,31,33,34)/t18-,20?,21+,22+,27+/m1/s1. The molecule has 2 aliphatic rings. The maximum Gasteiger partial charge on any atom is 0.229 e. The molecule has 0 radical (unpaired) electrons. The van der Waals surface area contributed by atoms with Crippen molar-refractivity contribution in [3.8, 4) is 11.4 Å². The van der Waals surface area contributed by atoms with Gasteiger partial charge in [0.1, 0.15) is 11.6 Å². The molecule has 0 bridgehead atoms. The number of carbonyl (C=O) groups excluding carboxylic acids is 1. The SMILES string of the molecule is CCNC(=O)[C@@]12C[C@@H]1C(n1cnc3c(NCc4cc(C)ccn4)nc(-c4cncc(C)c4)nc31)[C@H](O)[C@@H]2O. The first-order chi connectivity index (χ1) is 18.3. The van der Waals surface area contributed by atoms with Crippen LogP contribution in [0, 0.1) is 25.2 Å². The Morgan fingerprint density at radius 2 is 2.00 bits per heavy atom. The van der Waals surface area contributed by atoms with E-state index in [1.807, 2.05) is 39.0 Å². The summed E-state index contributed by atoms with van der Waals surface area (Å²) in [7, 11) is 0. The Morgan fingerprint density at radius 3 is 2.76 bits per heavy atom. The Morgan fingerprint density at radius 1 is 1.16 bits per heavy atom. The van der Waals surface area contributed by atoms with Crippen LogP contribution in [-0.4, -0.2) is 64.4 Å². The van der Waals surface area contributed by atoms with Crippen LogP contribution in [0.1, 0.15) is 36.2 Å². The summed E-state index contributed by atoms with van der Waals surface area (Å²) in [5, 5.41) is 28.2. The van der Waals surface area contributed by atoms with Crippen LogP contribution < -0.4 is 10.6 Å². The minimum Gasteiger partial charge on any atom is -0.389 e. The fourth-order valence-electron chi connectivity index (χ4n) is 5.81. The zero-order valence-electron chi connectivity index (χ0n) is 21.5. The van der Waals surface area contributed by atoms with Crippen LogP contribution in [-0.2, 0) is 11.3 Å². The number of aliphatic hydroxyl groups is 2. The van der Waals surface area contributed by atoms with Gasteiger partial charge in [0, 0.05) is 36.6 Å². The number of nitrogens with zero attached hydrogens (tertiary/aromatic N) is 6. The molecule has 11 heteroatoms. The van der Waals surface area contributed by atoms with E-state index in [0.29, 0.717) is 42.3 Å². The average Bonchev–Trinajstić information content (AvgIpc) is 3.44. The van der Waals surface area contributed by atoms with Gasteiger partial charge in [-0.3, -0.25) is 14.8 Å². The van der Waals surface area contributed by atoms with Crippen molar-refractivity contribution in [2.24, 2.45) is 11.3 Å². The minimum absolute atomic E-state index is 0.224. The number of aliphatic hydroxyl groups excluding tert-OH is 2. The van der Waals surface area contributed by atoms with E-state index in [9.17, 15) is 15.0 Å². The van der Waals surface area contributed by atoms with Crippen LogP contribution in [0.3, 0.4) is 0 Å². The van der Waals surface area contributed by atoms with Crippen LogP contribution in [0.2, 0.25) is 0 Å². The number of rotatable bonds is 7. The van der Waals surface area contributed by atoms with E-state index < -0.39 is 23.7 Å². The van der Waals surface area contributed by atoms with Crippen molar-refractivity contribution in [1.29, 1.82) is 0 Å². The number of aromatic nitrogens is 6. The van der Waals surface area contributed by atoms with Gasteiger partial charge in [-0.25, -0.2) is 15.0 Å². The van der Waals surface area contributed by atoms with E-state index in [0.717, 1.165) is 22.4 Å². The van der Waals surface area contributed by atoms with Crippen molar-refractivity contribution in [1.82, 2.24) is 34.8 Å². The van der Waals surface area contributed by atoms with Crippen molar-refractivity contribution >= 4 is 22.9 Å². The zero-order valence-corrected chi connectivity index (χ0v) is 21.5. The van der Waals surface area contributed by atoms with Gasteiger partial charge in [-0.2, -0.15) is 0 Å². The third-order valence-corrected chi connectivity index (χ3v) is 7.72. The number of amides is 1. The van der Waals surface area contributed by atoms with Gasteiger partial charge in [-0.15, -0.1) is 0 Å². The van der Waals surface area contributed by atoms with E-state index in [4.69, 9.17) is 9.97 Å². The summed E-state index contributed by atoms with van der Waals surface area (Å²) in [5.41, 5.74) is 3.71. The highest BCUT2D eigenvalue weighted by Crippen LogP contribution is 2.67. The number of anilines is 1. The summed E-state index contributed by atoms with van der Waals surface area (Å²) in [6.07, 6.45) is 5.03. The molecule has 2 aliphatic carbocycles. The van der Waals surface area contributed by atoms with Crippen LogP contribution in [0.15, 0.2) is 43.1 Å². The van der Waals surface area contributed by atoms with Gasteiger partial charge in [-0.05, 0) is 56.5 Å². The van der Waals surface area contributed by atoms with Crippen LogP contribution in [0.5, 0.6) is 0 Å². The molecule has 1 unspecified atom stereocenters. The Hall–Kier alpha value is -3.96. The van der Waals surface area contributed by atoms with Gasteiger partial charge < -0.3 is 25.4 Å². The van der Waals surface area contributed by atoms with Crippen LogP contribution in [0.4, 0.5) is 5.82 Å². The first-order valence-electron chi connectivity index (χ1n) is 12.8. The summed E-state index contributed by atoms with van der Waals surface area (Å²) in [6.45, 7) is 6.69. The second-order valence-corrected chi connectivity index (χ2v) is 10.3. The summed E-state index contributed by atoms with van der Waals surface area (Å²) in [5.74, 6) is 0.516. The summed E-state index contributed by atoms with van der Waals surface area (Å²) >= 11 is 0. The molecule has 5 atom stereocenters. The lowest BCUT2D eigenvalue weighted by Gasteiger charge is -2.23. The molecule has 0 aromatic carbocycles. The van der Waals surface area contributed by atoms with Gasteiger partial charge >= 0.3 is 0 Å². The molecular formula is C27H30N8O3. The second-order valence-electron chi connectivity index (χ2n) is 10.3. The summed E-state index contributed by atoms with van der Waals surface area (Å²) in [4.78, 5) is 35.8. The highest BCUT2D eigenvalue weighted by atomic mass is 16.3. The molecule has 0 spiro atoms. The molecule has 38 heavy (non-hydrogen) atoms. The maximum absolute atomic E-state index is 12.9. The van der Waals surface area contributed by atoms with Gasteiger partial charge in [0.15, 0.2) is 17.3 Å². The molecule has 2 fully saturated rings. The minimum atomic E-state index is -1.17. The lowest BCUT2D eigenvalue weighted by atomic mass is 9.98. The fourth-order valence-corrected chi connectivity index (χ4v) is 5.81. The first-order valence-corrected chi connectivity index (χ1v) is 12.8. The Labute approximate surface area is 219 Å². The van der Waals surface area contributed by atoms with Gasteiger partial charge in [-0.1, -0.05) is 0 Å². The van der Waals surface area contributed by atoms with Crippen molar-refractivity contribution in [3.05, 3.63) is 59.9 Å². The average molecular weight is 515 g/mol. The van der Waals surface area contributed by atoms with Crippen LogP contribution in [0.25, 0.3) is 22.6 Å². The number of pyridine rings is 2. The predicted octanol–water partition coefficient (Wildman–Crippen LogP) is 1.93. The third kappa shape index (κ3) is 3.81. The normalized spacial score (nSPS) is 25.8. The number of fused-ring (bicyclic) bond motifs is 2. The van der Waals surface area contributed by atoms with Gasteiger partial charge in [0.25, 0.3) is 0 Å². The highest BCUT2D eigenvalue weighted by molar-refractivity contribution is 5.88. The van der Waals surface area contributed by atoms with Crippen molar-refractivity contribution in [3.63, 3.8) is 0 Å². The molecule has 4 aromatic heterocycles. The number of nitrogens with one attached hydrogen (secondary N) is 2. The molecule has 0 aliphatic heterocycles. The molecule has 4 heterocycles. The number of imidazole rings is 1. The molecule has 0 saturated heterocycles. The number of hydrogen-bond acceptors (Lipinski definition) is 9. The van der Waals surface area contributed by atoms with E-state index >= 15 is 0 Å². The molecule has 6 rings (SSSR count). The molecule has 11 nitrogen and oxygen atoms in total. The van der Waals surface area contributed by atoms with Crippen LogP contribution >= 0.6 is 0 Å². The topological polar surface area (TPSA) is 151 Å². The maximum atomic E-state index is 12.9. The van der Waals surface area contributed by atoms with E-state index in [-0.39, 0.29) is 11.8 Å². The quantitative estimate of drug-likeness (QED) is 0.290. The molecular weight excluding hydrogens is 484 g/mol. The van der Waals surface area contributed by atoms with E-state index in [2.05, 4.69) is 25.6 Å². The predicted molar refractivity (Wildman–Crippen MR) is 140 cm³/mol. The molecule has 4 N–H and O–H groups in total. The zero-order chi connectivity index (χ0) is 26.6. The Kier molecular flexibility index (Phi) is 5.84. The van der Waals surface area contributed by atoms with E-state index in [1.54, 1.807) is 29.5 Å². The molecule has 4 aromatic rings. The number of aryl methyl sites for hydroxylation is 2. The van der Waals surface area contributed by atoms with Gasteiger partial charge in [0.2, 0.25) is 5.91 Å². The number of carbonyl (C=O) groups is 1. The lowest BCUT2D eigenvalue weighted by Crippen LogP contribution is -2.42. The van der Waals surface area contributed by atoms with Crippen molar-refractivity contribution in [2.75, 3.05) is 11.9 Å². The lowest BCUT2D eigenvalue weighted by molar-refractivity contribution is -0.132. The third-order valence-electron chi connectivity index (χ3n) is 7.72. The Bertz CT molecular complexity index is 1540. The number of hydrogen-bond donors (Lipinski definition) is 4. The van der Waals surface area contributed by atoms with Crippen molar-refractivity contribution in [2.45, 2.75) is 52.0 Å². The molecule has 2 saturated carbocycles.